The van der Waals surface area contributed by atoms with Crippen molar-refractivity contribution in [2.75, 3.05) is 7.11 Å². The molecule has 0 aliphatic heterocycles. The van der Waals surface area contributed by atoms with E-state index in [-0.39, 0.29) is 11.9 Å². The number of hydrogen-bond acceptors (Lipinski definition) is 3. The molecule has 1 amide bonds. The van der Waals surface area contributed by atoms with E-state index < -0.39 is 0 Å². The van der Waals surface area contributed by atoms with Crippen LogP contribution in [-0.4, -0.2) is 34.9 Å². The smallest absolute Gasteiger partial charge is 0.253 e. The van der Waals surface area contributed by atoms with Crippen LogP contribution in [0.25, 0.3) is 5.69 Å². The molecule has 0 radical (unpaired) electrons. The first-order valence-electron chi connectivity index (χ1n) is 7.80. The SMILES string of the molecule is COC1CCC(NC(=O)c2cc(-n3cccn3)ccc2Cl)CC1. The van der Waals surface area contributed by atoms with Crippen LogP contribution >= 0.6 is 11.6 Å². The summed E-state index contributed by atoms with van der Waals surface area (Å²) in [4.78, 5) is 12.6. The fourth-order valence-electron chi connectivity index (χ4n) is 2.96. The number of aromatic nitrogens is 2. The molecule has 1 aromatic heterocycles. The number of rotatable bonds is 4. The topological polar surface area (TPSA) is 56.1 Å². The van der Waals surface area contributed by atoms with E-state index in [0.717, 1.165) is 31.4 Å². The third-order valence-corrected chi connectivity index (χ3v) is 4.64. The van der Waals surface area contributed by atoms with E-state index >= 15 is 0 Å². The van der Waals surface area contributed by atoms with Crippen LogP contribution in [0.3, 0.4) is 0 Å². The van der Waals surface area contributed by atoms with E-state index in [1.807, 2.05) is 18.3 Å². The van der Waals surface area contributed by atoms with E-state index in [9.17, 15) is 4.79 Å². The van der Waals surface area contributed by atoms with E-state index in [2.05, 4.69) is 10.4 Å². The van der Waals surface area contributed by atoms with Crippen molar-refractivity contribution >= 4 is 17.5 Å². The first-order valence-corrected chi connectivity index (χ1v) is 8.18. The summed E-state index contributed by atoms with van der Waals surface area (Å²) in [6.45, 7) is 0. The Labute approximate surface area is 140 Å². The van der Waals surface area contributed by atoms with Crippen LogP contribution in [-0.2, 0) is 4.74 Å². The lowest BCUT2D eigenvalue weighted by atomic mass is 9.93. The number of nitrogens with one attached hydrogen (secondary N) is 1. The number of carbonyl (C=O) groups excluding carboxylic acids is 1. The van der Waals surface area contributed by atoms with Gasteiger partial charge in [0.2, 0.25) is 0 Å². The van der Waals surface area contributed by atoms with Crippen molar-refractivity contribution in [1.29, 1.82) is 0 Å². The van der Waals surface area contributed by atoms with Crippen LogP contribution in [0.1, 0.15) is 36.0 Å². The molecule has 6 heteroatoms. The molecule has 0 atom stereocenters. The van der Waals surface area contributed by atoms with Gasteiger partial charge in [-0.3, -0.25) is 4.79 Å². The highest BCUT2D eigenvalue weighted by molar-refractivity contribution is 6.33. The molecule has 1 saturated carbocycles. The predicted molar refractivity (Wildman–Crippen MR) is 89.1 cm³/mol. The van der Waals surface area contributed by atoms with Gasteiger partial charge in [-0.1, -0.05) is 11.6 Å². The van der Waals surface area contributed by atoms with Gasteiger partial charge < -0.3 is 10.1 Å². The quantitative estimate of drug-likeness (QED) is 0.934. The Kier molecular flexibility index (Phi) is 4.98. The van der Waals surface area contributed by atoms with Crippen molar-refractivity contribution in [3.05, 3.63) is 47.2 Å². The molecule has 0 spiro atoms. The van der Waals surface area contributed by atoms with Gasteiger partial charge in [-0.15, -0.1) is 0 Å². The normalized spacial score (nSPS) is 21.1. The van der Waals surface area contributed by atoms with Gasteiger partial charge in [0.25, 0.3) is 5.91 Å². The molecule has 0 saturated heterocycles. The lowest BCUT2D eigenvalue weighted by Gasteiger charge is -2.28. The number of hydrogen-bond donors (Lipinski definition) is 1. The lowest BCUT2D eigenvalue weighted by Crippen LogP contribution is -2.39. The molecule has 23 heavy (non-hydrogen) atoms. The van der Waals surface area contributed by atoms with Crippen molar-refractivity contribution in [2.24, 2.45) is 0 Å². The summed E-state index contributed by atoms with van der Waals surface area (Å²) < 4.78 is 7.07. The van der Waals surface area contributed by atoms with Crippen LogP contribution in [0.2, 0.25) is 5.02 Å². The van der Waals surface area contributed by atoms with Crippen molar-refractivity contribution < 1.29 is 9.53 Å². The van der Waals surface area contributed by atoms with Gasteiger partial charge in [-0.25, -0.2) is 4.68 Å². The summed E-state index contributed by atoms with van der Waals surface area (Å²) in [6, 6.07) is 7.36. The second-order valence-electron chi connectivity index (χ2n) is 5.80. The van der Waals surface area contributed by atoms with Gasteiger partial charge in [0.15, 0.2) is 0 Å². The fourth-order valence-corrected chi connectivity index (χ4v) is 3.16. The molecule has 5 nitrogen and oxygen atoms in total. The summed E-state index contributed by atoms with van der Waals surface area (Å²) >= 11 is 6.21. The summed E-state index contributed by atoms with van der Waals surface area (Å²) in [6.07, 6.45) is 7.65. The molecule has 1 aliphatic rings. The minimum absolute atomic E-state index is 0.134. The Balaban J connectivity index is 1.71. The largest absolute Gasteiger partial charge is 0.381 e. The van der Waals surface area contributed by atoms with Gasteiger partial charge in [-0.2, -0.15) is 5.10 Å². The van der Waals surface area contributed by atoms with Gasteiger partial charge in [-0.05, 0) is 49.9 Å². The zero-order valence-electron chi connectivity index (χ0n) is 13.0. The van der Waals surface area contributed by atoms with Crippen LogP contribution in [0.15, 0.2) is 36.7 Å². The Hall–Kier alpha value is -1.85. The highest BCUT2D eigenvalue weighted by Crippen LogP contribution is 2.23. The molecule has 122 valence electrons. The monoisotopic (exact) mass is 333 g/mol. The van der Waals surface area contributed by atoms with Crippen LogP contribution < -0.4 is 5.32 Å². The number of carbonyl (C=O) groups is 1. The molecule has 1 aliphatic carbocycles. The third kappa shape index (κ3) is 3.74. The number of methoxy groups -OCH3 is 1. The maximum atomic E-state index is 12.6. The summed E-state index contributed by atoms with van der Waals surface area (Å²) in [5.41, 5.74) is 1.29. The Morgan fingerprint density at radius 1 is 1.35 bits per heavy atom. The molecule has 3 rings (SSSR count). The Morgan fingerprint density at radius 3 is 2.78 bits per heavy atom. The number of nitrogens with zero attached hydrogens (tertiary/aromatic N) is 2. The van der Waals surface area contributed by atoms with Gasteiger partial charge in [0, 0.05) is 25.5 Å². The minimum atomic E-state index is -0.134. The molecule has 1 heterocycles. The van der Waals surface area contributed by atoms with Crippen LogP contribution in [0.5, 0.6) is 0 Å². The predicted octanol–water partition coefficient (Wildman–Crippen LogP) is 3.21. The summed E-state index contributed by atoms with van der Waals surface area (Å²) in [7, 11) is 1.74. The van der Waals surface area contributed by atoms with Crippen LogP contribution in [0, 0.1) is 0 Å². The molecule has 1 aromatic carbocycles. The number of benzene rings is 1. The first-order chi connectivity index (χ1) is 11.2. The molecule has 1 fully saturated rings. The van der Waals surface area contributed by atoms with Crippen molar-refractivity contribution in [1.82, 2.24) is 15.1 Å². The molecule has 0 unspecified atom stereocenters. The van der Waals surface area contributed by atoms with Gasteiger partial charge in [0.05, 0.1) is 22.4 Å². The van der Waals surface area contributed by atoms with Crippen molar-refractivity contribution in [2.45, 2.75) is 37.8 Å². The summed E-state index contributed by atoms with van der Waals surface area (Å²) in [5, 5.41) is 7.71. The zero-order valence-corrected chi connectivity index (χ0v) is 13.8. The Morgan fingerprint density at radius 2 is 2.13 bits per heavy atom. The number of amides is 1. The van der Waals surface area contributed by atoms with E-state index in [1.165, 1.54) is 0 Å². The first kappa shape index (κ1) is 16.0. The third-order valence-electron chi connectivity index (χ3n) is 4.31. The van der Waals surface area contributed by atoms with Gasteiger partial charge in [0.1, 0.15) is 0 Å². The maximum absolute atomic E-state index is 12.6. The fraction of sp³-hybridized carbons (Fsp3) is 0.412. The second kappa shape index (κ2) is 7.15. The van der Waals surface area contributed by atoms with Crippen molar-refractivity contribution in [3.63, 3.8) is 0 Å². The van der Waals surface area contributed by atoms with Gasteiger partial charge >= 0.3 is 0 Å². The highest BCUT2D eigenvalue weighted by atomic mass is 35.5. The highest BCUT2D eigenvalue weighted by Gasteiger charge is 2.23. The minimum Gasteiger partial charge on any atom is -0.381 e. The van der Waals surface area contributed by atoms with E-state index in [0.29, 0.717) is 16.7 Å². The Bertz CT molecular complexity index is 664. The number of halogens is 1. The lowest BCUT2D eigenvalue weighted by molar-refractivity contribution is 0.0599. The van der Waals surface area contributed by atoms with E-state index in [1.54, 1.807) is 30.1 Å². The molecule has 0 bridgehead atoms. The molecule has 2 aromatic rings. The standard InChI is InChI=1S/C17H20ClN3O2/c1-23-14-6-3-12(4-7-14)20-17(22)15-11-13(5-8-16(15)18)21-10-2-9-19-21/h2,5,8-12,14H,3-4,6-7H2,1H3,(H,20,22). The average Bonchev–Trinajstić information content (AvgIpc) is 3.10. The zero-order chi connectivity index (χ0) is 16.2. The molecular formula is C17H20ClN3O2. The average molecular weight is 334 g/mol. The maximum Gasteiger partial charge on any atom is 0.253 e. The van der Waals surface area contributed by atoms with Crippen molar-refractivity contribution in [3.8, 4) is 5.69 Å². The molecular weight excluding hydrogens is 314 g/mol. The number of ether oxygens (including phenoxy) is 1. The second-order valence-corrected chi connectivity index (χ2v) is 6.20. The summed E-state index contributed by atoms with van der Waals surface area (Å²) in [5.74, 6) is -0.134. The van der Waals surface area contributed by atoms with Crippen LogP contribution in [0.4, 0.5) is 0 Å². The molecule has 1 N–H and O–H groups in total. The van der Waals surface area contributed by atoms with E-state index in [4.69, 9.17) is 16.3 Å².